The SMILES string of the molecule is CCCOc1ccc(C2C(=C(O)c3ccncc3)C(=O)C(=O)N2CCCN(CC)CC)cc1. The van der Waals surface area contributed by atoms with E-state index in [4.69, 9.17) is 4.74 Å². The number of rotatable bonds is 11. The first kappa shape index (κ1) is 24.5. The number of carbonyl (C=O) groups is 2. The number of aromatic nitrogens is 1. The van der Waals surface area contributed by atoms with Crippen molar-refractivity contribution in [1.29, 1.82) is 0 Å². The lowest BCUT2D eigenvalue weighted by molar-refractivity contribution is -0.140. The van der Waals surface area contributed by atoms with Crippen LogP contribution in [0, 0.1) is 0 Å². The average molecular weight is 452 g/mol. The van der Waals surface area contributed by atoms with E-state index in [1.807, 2.05) is 31.2 Å². The molecule has 2 heterocycles. The third-order valence-electron chi connectivity index (χ3n) is 5.93. The Kier molecular flexibility index (Phi) is 8.60. The minimum atomic E-state index is -0.663. The van der Waals surface area contributed by atoms with Crippen molar-refractivity contribution in [3.63, 3.8) is 0 Å². The van der Waals surface area contributed by atoms with Gasteiger partial charge in [0.25, 0.3) is 11.7 Å². The number of carbonyl (C=O) groups excluding carboxylic acids is 2. The van der Waals surface area contributed by atoms with Crippen molar-refractivity contribution in [1.82, 2.24) is 14.8 Å². The van der Waals surface area contributed by atoms with Crippen molar-refractivity contribution in [2.75, 3.05) is 32.8 Å². The highest BCUT2D eigenvalue weighted by atomic mass is 16.5. The fourth-order valence-electron chi connectivity index (χ4n) is 4.09. The van der Waals surface area contributed by atoms with Crippen LogP contribution in [0.15, 0.2) is 54.4 Å². The summed E-state index contributed by atoms with van der Waals surface area (Å²) in [6.45, 7) is 9.98. The summed E-state index contributed by atoms with van der Waals surface area (Å²) in [5.41, 5.74) is 1.33. The molecule has 1 unspecified atom stereocenters. The van der Waals surface area contributed by atoms with E-state index in [0.717, 1.165) is 43.8 Å². The molecule has 0 aliphatic carbocycles. The molecule has 1 saturated heterocycles. The summed E-state index contributed by atoms with van der Waals surface area (Å²) in [6.07, 6.45) is 4.73. The van der Waals surface area contributed by atoms with Gasteiger partial charge in [0, 0.05) is 24.5 Å². The molecule has 2 aromatic rings. The van der Waals surface area contributed by atoms with Gasteiger partial charge in [0.15, 0.2) is 0 Å². The molecule has 3 rings (SSSR count). The predicted molar refractivity (Wildman–Crippen MR) is 128 cm³/mol. The number of likely N-dealkylation sites (tertiary alicyclic amines) is 1. The zero-order valence-corrected chi connectivity index (χ0v) is 19.7. The van der Waals surface area contributed by atoms with Crippen molar-refractivity contribution >= 4 is 17.4 Å². The minimum absolute atomic E-state index is 0.108. The van der Waals surface area contributed by atoms with E-state index in [0.29, 0.717) is 18.7 Å². The Morgan fingerprint density at radius 3 is 2.33 bits per heavy atom. The van der Waals surface area contributed by atoms with E-state index < -0.39 is 17.7 Å². The molecule has 176 valence electrons. The van der Waals surface area contributed by atoms with E-state index in [-0.39, 0.29) is 11.3 Å². The molecular weight excluding hydrogens is 418 g/mol. The monoisotopic (exact) mass is 451 g/mol. The molecule has 0 bridgehead atoms. The molecule has 7 nitrogen and oxygen atoms in total. The Balaban J connectivity index is 1.97. The maximum absolute atomic E-state index is 13.1. The zero-order valence-electron chi connectivity index (χ0n) is 19.7. The molecule has 7 heteroatoms. The zero-order chi connectivity index (χ0) is 23.8. The largest absolute Gasteiger partial charge is 0.507 e. The number of aliphatic hydroxyl groups excluding tert-OH is 1. The Morgan fingerprint density at radius 2 is 1.73 bits per heavy atom. The Hall–Kier alpha value is -3.19. The van der Waals surface area contributed by atoms with Gasteiger partial charge in [-0.3, -0.25) is 14.6 Å². The molecule has 1 atom stereocenters. The molecule has 1 amide bonds. The van der Waals surface area contributed by atoms with Gasteiger partial charge in [0.05, 0.1) is 18.2 Å². The number of hydrogen-bond donors (Lipinski definition) is 1. The maximum Gasteiger partial charge on any atom is 0.295 e. The molecular formula is C26H33N3O4. The number of aliphatic hydroxyl groups is 1. The molecule has 0 spiro atoms. The molecule has 1 aromatic heterocycles. The first-order chi connectivity index (χ1) is 16.0. The van der Waals surface area contributed by atoms with Crippen LogP contribution in [-0.4, -0.2) is 64.4 Å². The van der Waals surface area contributed by atoms with Gasteiger partial charge in [-0.1, -0.05) is 32.9 Å². The summed E-state index contributed by atoms with van der Waals surface area (Å²) in [4.78, 5) is 33.9. The van der Waals surface area contributed by atoms with E-state index in [9.17, 15) is 14.7 Å². The topological polar surface area (TPSA) is 83.0 Å². The second-order valence-corrected chi connectivity index (χ2v) is 8.03. The molecule has 1 aliphatic heterocycles. The molecule has 1 aliphatic rings. The van der Waals surface area contributed by atoms with E-state index >= 15 is 0 Å². The summed E-state index contributed by atoms with van der Waals surface area (Å²) in [7, 11) is 0. The first-order valence-corrected chi connectivity index (χ1v) is 11.7. The number of hydrogen-bond acceptors (Lipinski definition) is 6. The number of benzene rings is 1. The van der Waals surface area contributed by atoms with Gasteiger partial charge >= 0.3 is 0 Å². The van der Waals surface area contributed by atoms with Gasteiger partial charge in [-0.25, -0.2) is 0 Å². The summed E-state index contributed by atoms with van der Waals surface area (Å²) in [5, 5.41) is 11.0. The summed E-state index contributed by atoms with van der Waals surface area (Å²) in [5.74, 6) is -0.698. The lowest BCUT2D eigenvalue weighted by atomic mass is 9.95. The molecule has 1 N–H and O–H groups in total. The van der Waals surface area contributed by atoms with Crippen LogP contribution >= 0.6 is 0 Å². The quantitative estimate of drug-likeness (QED) is 0.316. The fraction of sp³-hybridized carbons (Fsp3) is 0.423. The van der Waals surface area contributed by atoms with Crippen molar-refractivity contribution in [3.05, 3.63) is 65.5 Å². The summed E-state index contributed by atoms with van der Waals surface area (Å²) >= 11 is 0. The minimum Gasteiger partial charge on any atom is -0.507 e. The van der Waals surface area contributed by atoms with Crippen LogP contribution in [0.2, 0.25) is 0 Å². The van der Waals surface area contributed by atoms with Crippen molar-refractivity contribution < 1.29 is 19.4 Å². The highest BCUT2D eigenvalue weighted by Gasteiger charge is 2.45. The number of Topliss-reactive ketones (excluding diaryl/α,β-unsaturated/α-hetero) is 1. The lowest BCUT2D eigenvalue weighted by Crippen LogP contribution is -2.33. The van der Waals surface area contributed by atoms with Crippen LogP contribution in [0.3, 0.4) is 0 Å². The van der Waals surface area contributed by atoms with Gasteiger partial charge in [0.1, 0.15) is 11.5 Å². The van der Waals surface area contributed by atoms with Gasteiger partial charge in [-0.2, -0.15) is 0 Å². The number of nitrogens with zero attached hydrogens (tertiary/aromatic N) is 3. The second-order valence-electron chi connectivity index (χ2n) is 8.03. The van der Waals surface area contributed by atoms with Gasteiger partial charge in [0.2, 0.25) is 0 Å². The average Bonchev–Trinajstić information content (AvgIpc) is 3.10. The standard InChI is InChI=1S/C26H33N3O4/c1-4-18-33-21-10-8-19(9-11-21)23-22(24(30)20-12-14-27-15-13-20)25(31)26(32)29(23)17-7-16-28(5-2)6-3/h8-15,23,30H,4-7,16-18H2,1-3H3. The van der Waals surface area contributed by atoms with Gasteiger partial charge < -0.3 is 19.6 Å². The van der Waals surface area contributed by atoms with E-state index in [1.165, 1.54) is 0 Å². The highest BCUT2D eigenvalue weighted by Crippen LogP contribution is 2.39. The molecule has 33 heavy (non-hydrogen) atoms. The predicted octanol–water partition coefficient (Wildman–Crippen LogP) is 4.02. The fourth-order valence-corrected chi connectivity index (χ4v) is 4.09. The third kappa shape index (κ3) is 5.60. The summed E-state index contributed by atoms with van der Waals surface area (Å²) in [6, 6.07) is 10.00. The Labute approximate surface area is 195 Å². The van der Waals surface area contributed by atoms with Crippen molar-refractivity contribution in [2.24, 2.45) is 0 Å². The van der Waals surface area contributed by atoms with Crippen LogP contribution in [0.5, 0.6) is 5.75 Å². The van der Waals surface area contributed by atoms with Crippen LogP contribution in [0.1, 0.15) is 50.8 Å². The number of ether oxygens (including phenoxy) is 1. The number of ketones is 1. The molecule has 0 saturated carbocycles. The Bertz CT molecular complexity index is 969. The van der Waals surface area contributed by atoms with Crippen LogP contribution in [0.25, 0.3) is 5.76 Å². The van der Waals surface area contributed by atoms with Crippen molar-refractivity contribution in [3.8, 4) is 5.75 Å². The van der Waals surface area contributed by atoms with E-state index in [1.54, 1.807) is 29.4 Å². The van der Waals surface area contributed by atoms with Gasteiger partial charge in [-0.05, 0) is 62.3 Å². The van der Waals surface area contributed by atoms with Crippen LogP contribution in [-0.2, 0) is 9.59 Å². The number of pyridine rings is 1. The lowest BCUT2D eigenvalue weighted by Gasteiger charge is -2.27. The molecule has 0 radical (unpaired) electrons. The third-order valence-corrected chi connectivity index (χ3v) is 5.93. The van der Waals surface area contributed by atoms with Crippen molar-refractivity contribution in [2.45, 2.75) is 39.7 Å². The van der Waals surface area contributed by atoms with Crippen LogP contribution < -0.4 is 4.74 Å². The maximum atomic E-state index is 13.1. The van der Waals surface area contributed by atoms with E-state index in [2.05, 4.69) is 23.7 Å². The van der Waals surface area contributed by atoms with Crippen LogP contribution in [0.4, 0.5) is 0 Å². The normalized spacial score (nSPS) is 17.7. The molecule has 1 aromatic carbocycles. The molecule has 1 fully saturated rings. The highest BCUT2D eigenvalue weighted by molar-refractivity contribution is 6.46. The smallest absolute Gasteiger partial charge is 0.295 e. The second kappa shape index (κ2) is 11.6. The van der Waals surface area contributed by atoms with Gasteiger partial charge in [-0.15, -0.1) is 0 Å². The first-order valence-electron chi connectivity index (χ1n) is 11.7. The number of amides is 1. The summed E-state index contributed by atoms with van der Waals surface area (Å²) < 4.78 is 5.68. The Morgan fingerprint density at radius 1 is 1.06 bits per heavy atom.